The second-order valence-electron chi connectivity index (χ2n) is 5.10. The predicted molar refractivity (Wildman–Crippen MR) is 88.8 cm³/mol. The van der Waals surface area contributed by atoms with Crippen LogP contribution in [0.2, 0.25) is 0 Å². The Morgan fingerprint density at radius 1 is 1.32 bits per heavy atom. The lowest BCUT2D eigenvalue weighted by Gasteiger charge is -2.07. The summed E-state index contributed by atoms with van der Waals surface area (Å²) in [4.78, 5) is 11.9. The molecule has 6 heteroatoms. The smallest absolute Gasteiger partial charge is 0.251 e. The van der Waals surface area contributed by atoms with E-state index in [9.17, 15) is 4.79 Å². The third kappa shape index (κ3) is 4.68. The Balaban J connectivity index is 1.64. The van der Waals surface area contributed by atoms with Gasteiger partial charge in [0, 0.05) is 28.7 Å². The lowest BCUT2D eigenvalue weighted by molar-refractivity contribution is 0.0953. The molecule has 0 aliphatic rings. The number of amides is 1. The van der Waals surface area contributed by atoms with Crippen LogP contribution >= 0.6 is 15.9 Å². The lowest BCUT2D eigenvalue weighted by atomic mass is 10.2. The number of nitrogens with zero attached hydrogens (tertiary/aromatic N) is 1. The first kappa shape index (κ1) is 16.7. The zero-order valence-electron chi connectivity index (χ0n) is 12.8. The van der Waals surface area contributed by atoms with Gasteiger partial charge in [0.15, 0.2) is 0 Å². The van der Waals surface area contributed by atoms with Crippen LogP contribution in [0, 0.1) is 13.8 Å². The molecule has 0 bridgehead atoms. The molecule has 0 saturated carbocycles. The minimum absolute atomic E-state index is 0.0491. The second kappa shape index (κ2) is 8.10. The Bertz CT molecular complexity index is 621. The van der Waals surface area contributed by atoms with Crippen LogP contribution in [0.15, 0.2) is 33.3 Å². The van der Waals surface area contributed by atoms with Gasteiger partial charge in [-0.1, -0.05) is 27.2 Å². The van der Waals surface area contributed by atoms with E-state index in [1.54, 1.807) is 6.07 Å². The van der Waals surface area contributed by atoms with Crippen molar-refractivity contribution in [1.82, 2.24) is 15.8 Å². The number of hydrogen-bond donors (Lipinski definition) is 2. The molecule has 0 unspecified atom stereocenters. The summed E-state index contributed by atoms with van der Waals surface area (Å²) in [5.74, 6) is 0.806. The van der Waals surface area contributed by atoms with E-state index in [1.807, 2.05) is 32.0 Å². The van der Waals surface area contributed by atoms with Gasteiger partial charge in [0.05, 0.1) is 5.69 Å². The Kier molecular flexibility index (Phi) is 6.15. The molecule has 0 atom stereocenters. The van der Waals surface area contributed by atoms with Crippen LogP contribution in [-0.4, -0.2) is 24.2 Å². The Hall–Kier alpha value is -1.66. The van der Waals surface area contributed by atoms with Gasteiger partial charge in [-0.25, -0.2) is 0 Å². The second-order valence-corrected chi connectivity index (χ2v) is 6.01. The number of aryl methyl sites for hydroxylation is 2. The van der Waals surface area contributed by atoms with Gasteiger partial charge in [-0.2, -0.15) is 0 Å². The third-order valence-corrected chi connectivity index (χ3v) is 3.88. The van der Waals surface area contributed by atoms with Crippen LogP contribution in [0.1, 0.15) is 33.8 Å². The molecule has 0 radical (unpaired) electrons. The fourth-order valence-corrected chi connectivity index (χ4v) is 2.51. The highest BCUT2D eigenvalue weighted by atomic mass is 79.9. The number of carbonyl (C=O) groups is 1. The summed E-state index contributed by atoms with van der Waals surface area (Å²) in [6.07, 6.45) is 0.864. The first-order valence-electron chi connectivity index (χ1n) is 7.24. The molecule has 0 fully saturated rings. The minimum atomic E-state index is -0.0491. The van der Waals surface area contributed by atoms with Crippen molar-refractivity contribution in [2.24, 2.45) is 0 Å². The summed E-state index contributed by atoms with van der Waals surface area (Å²) in [6.45, 7) is 6.05. The summed E-state index contributed by atoms with van der Waals surface area (Å²) < 4.78 is 6.02. The molecule has 0 aliphatic carbocycles. The van der Waals surface area contributed by atoms with Gasteiger partial charge in [-0.05, 0) is 45.0 Å². The summed E-state index contributed by atoms with van der Waals surface area (Å²) in [5.41, 5.74) is 2.70. The van der Waals surface area contributed by atoms with Gasteiger partial charge in [0.1, 0.15) is 5.76 Å². The number of halogens is 1. The van der Waals surface area contributed by atoms with E-state index in [0.29, 0.717) is 12.1 Å². The Morgan fingerprint density at radius 2 is 2.14 bits per heavy atom. The molecule has 2 aromatic rings. The zero-order valence-corrected chi connectivity index (χ0v) is 14.4. The molecule has 22 heavy (non-hydrogen) atoms. The van der Waals surface area contributed by atoms with E-state index in [4.69, 9.17) is 4.52 Å². The van der Waals surface area contributed by atoms with Crippen molar-refractivity contribution in [3.05, 3.63) is 51.3 Å². The van der Waals surface area contributed by atoms with Gasteiger partial charge in [-0.15, -0.1) is 0 Å². The maximum Gasteiger partial charge on any atom is 0.251 e. The molecule has 1 amide bonds. The van der Waals surface area contributed by atoms with Crippen molar-refractivity contribution in [2.75, 3.05) is 13.1 Å². The number of rotatable bonds is 7. The monoisotopic (exact) mass is 365 g/mol. The van der Waals surface area contributed by atoms with Gasteiger partial charge in [0.25, 0.3) is 5.91 Å². The molecule has 1 aromatic heterocycles. The average Bonchev–Trinajstić information content (AvgIpc) is 2.82. The standard InChI is InChI=1S/C16H20BrN3O2/c1-11-15(12(2)22-20-11)10-18-7-4-8-19-16(21)13-5-3-6-14(17)9-13/h3,5-6,9,18H,4,7-8,10H2,1-2H3,(H,19,21). The summed E-state index contributed by atoms with van der Waals surface area (Å²) in [6, 6.07) is 7.36. The normalized spacial score (nSPS) is 10.7. The number of nitrogens with one attached hydrogen (secondary N) is 2. The SMILES string of the molecule is Cc1noc(C)c1CNCCCNC(=O)c1cccc(Br)c1. The van der Waals surface area contributed by atoms with Crippen molar-refractivity contribution in [3.63, 3.8) is 0 Å². The van der Waals surface area contributed by atoms with Crippen molar-refractivity contribution in [3.8, 4) is 0 Å². The molecule has 0 aliphatic heterocycles. The van der Waals surface area contributed by atoms with Gasteiger partial charge < -0.3 is 15.2 Å². The quantitative estimate of drug-likeness (QED) is 0.740. The molecule has 0 saturated heterocycles. The minimum Gasteiger partial charge on any atom is -0.361 e. The maximum absolute atomic E-state index is 11.9. The van der Waals surface area contributed by atoms with E-state index in [-0.39, 0.29) is 5.91 Å². The molecule has 1 heterocycles. The highest BCUT2D eigenvalue weighted by Gasteiger charge is 2.08. The average molecular weight is 366 g/mol. The fraction of sp³-hybridized carbons (Fsp3) is 0.375. The molecule has 0 spiro atoms. The molecule has 2 N–H and O–H groups in total. The Labute approximate surface area is 138 Å². The zero-order chi connectivity index (χ0) is 15.9. The number of hydrogen-bond acceptors (Lipinski definition) is 4. The van der Waals surface area contributed by atoms with E-state index >= 15 is 0 Å². The van der Waals surface area contributed by atoms with Gasteiger partial charge in [0.2, 0.25) is 0 Å². The number of carbonyl (C=O) groups excluding carboxylic acids is 1. The molecule has 1 aromatic carbocycles. The molecule has 5 nitrogen and oxygen atoms in total. The third-order valence-electron chi connectivity index (χ3n) is 3.39. The first-order chi connectivity index (χ1) is 10.6. The summed E-state index contributed by atoms with van der Waals surface area (Å²) in [7, 11) is 0. The predicted octanol–water partition coefficient (Wildman–Crippen LogP) is 2.96. The summed E-state index contributed by atoms with van der Waals surface area (Å²) in [5, 5.41) is 10.2. The van der Waals surface area contributed by atoms with E-state index in [0.717, 1.165) is 41.0 Å². The fourth-order valence-electron chi connectivity index (χ4n) is 2.11. The number of aromatic nitrogens is 1. The van der Waals surface area contributed by atoms with Crippen molar-refractivity contribution in [2.45, 2.75) is 26.8 Å². The molecule has 2 rings (SSSR count). The summed E-state index contributed by atoms with van der Waals surface area (Å²) >= 11 is 3.36. The van der Waals surface area contributed by atoms with Gasteiger partial charge in [-0.3, -0.25) is 4.79 Å². The van der Waals surface area contributed by atoms with E-state index in [1.165, 1.54) is 0 Å². The number of benzene rings is 1. The van der Waals surface area contributed by atoms with Crippen LogP contribution in [-0.2, 0) is 6.54 Å². The Morgan fingerprint density at radius 3 is 2.82 bits per heavy atom. The van der Waals surface area contributed by atoms with Crippen molar-refractivity contribution in [1.29, 1.82) is 0 Å². The highest BCUT2D eigenvalue weighted by molar-refractivity contribution is 9.10. The molecular weight excluding hydrogens is 346 g/mol. The van der Waals surface area contributed by atoms with Crippen molar-refractivity contribution < 1.29 is 9.32 Å². The van der Waals surface area contributed by atoms with Crippen LogP contribution in [0.3, 0.4) is 0 Å². The highest BCUT2D eigenvalue weighted by Crippen LogP contribution is 2.12. The largest absolute Gasteiger partial charge is 0.361 e. The topological polar surface area (TPSA) is 67.2 Å². The van der Waals surface area contributed by atoms with E-state index in [2.05, 4.69) is 31.7 Å². The van der Waals surface area contributed by atoms with Crippen LogP contribution in [0.5, 0.6) is 0 Å². The van der Waals surface area contributed by atoms with Crippen LogP contribution in [0.25, 0.3) is 0 Å². The first-order valence-corrected chi connectivity index (χ1v) is 8.03. The lowest BCUT2D eigenvalue weighted by Crippen LogP contribution is -2.27. The molecule has 118 valence electrons. The maximum atomic E-state index is 11.9. The van der Waals surface area contributed by atoms with E-state index < -0.39 is 0 Å². The van der Waals surface area contributed by atoms with Gasteiger partial charge >= 0.3 is 0 Å². The van der Waals surface area contributed by atoms with Crippen LogP contribution in [0.4, 0.5) is 0 Å². The molecular formula is C16H20BrN3O2. The van der Waals surface area contributed by atoms with Crippen LogP contribution < -0.4 is 10.6 Å². The van der Waals surface area contributed by atoms with Crippen molar-refractivity contribution >= 4 is 21.8 Å².